The Morgan fingerprint density at radius 2 is 1.65 bits per heavy atom. The fraction of sp³-hybridized carbons (Fsp3) is 0.533. The summed E-state index contributed by atoms with van der Waals surface area (Å²) in [6, 6.07) is 2.00. The third kappa shape index (κ3) is 3.88. The van der Waals surface area contributed by atoms with E-state index in [1.807, 2.05) is 46.2 Å². The van der Waals surface area contributed by atoms with E-state index in [9.17, 15) is 0 Å². The quantitative estimate of drug-likeness (QED) is 0.689. The van der Waals surface area contributed by atoms with E-state index in [-0.39, 0.29) is 5.41 Å². The Morgan fingerprint density at radius 3 is 2.18 bits per heavy atom. The molecule has 0 aromatic carbocycles. The Bertz CT molecular complexity index is 422. The lowest BCUT2D eigenvalue weighted by Crippen LogP contribution is -2.09. The number of hydrogen-bond acceptors (Lipinski definition) is 1. The summed E-state index contributed by atoms with van der Waals surface area (Å²) in [6.07, 6.45) is 5.81. The summed E-state index contributed by atoms with van der Waals surface area (Å²) < 4.78 is 0. The average Bonchev–Trinajstić information content (AvgIpc) is 2.77. The molecule has 0 unspecified atom stereocenters. The molecule has 0 amide bonds. The van der Waals surface area contributed by atoms with Gasteiger partial charge in [-0.15, -0.1) is 0 Å². The van der Waals surface area contributed by atoms with Gasteiger partial charge in [-0.25, -0.2) is 0 Å². The maximum Gasteiger partial charge on any atom is 0.0488 e. The molecule has 0 spiro atoms. The fourth-order valence-electron chi connectivity index (χ4n) is 1.58. The van der Waals surface area contributed by atoms with E-state index in [1.54, 1.807) is 0 Å². The summed E-state index contributed by atoms with van der Waals surface area (Å²) in [7, 11) is 0. The van der Waals surface area contributed by atoms with Crippen molar-refractivity contribution in [3.05, 3.63) is 30.2 Å². The van der Waals surface area contributed by atoms with E-state index in [0.717, 1.165) is 0 Å². The number of hydrogen-bond donors (Lipinski definition) is 1. The summed E-state index contributed by atoms with van der Waals surface area (Å²) in [6.45, 7) is 14.6. The minimum absolute atomic E-state index is 0.182. The van der Waals surface area contributed by atoms with E-state index >= 15 is 0 Å². The first kappa shape index (κ1) is 15.7. The molecule has 0 saturated carbocycles. The second kappa shape index (κ2) is 7.10. The number of fused-ring (bicyclic) bond motifs is 1. The van der Waals surface area contributed by atoms with Crippen LogP contribution in [0.3, 0.4) is 0 Å². The zero-order valence-electron chi connectivity index (χ0n) is 12.3. The SMILES string of the molecule is CC.CC.CC(C)(C)c1c[nH]c2ccncc12. The zero-order valence-corrected chi connectivity index (χ0v) is 12.3. The van der Waals surface area contributed by atoms with Crippen LogP contribution in [0.15, 0.2) is 24.7 Å². The average molecular weight is 234 g/mol. The van der Waals surface area contributed by atoms with Crippen molar-refractivity contribution in [2.45, 2.75) is 53.9 Å². The highest BCUT2D eigenvalue weighted by Crippen LogP contribution is 2.28. The first-order chi connectivity index (χ1) is 8.09. The first-order valence-corrected chi connectivity index (χ1v) is 6.50. The van der Waals surface area contributed by atoms with Gasteiger partial charge in [-0.05, 0) is 17.0 Å². The molecule has 0 radical (unpaired) electrons. The molecule has 0 aliphatic heterocycles. The van der Waals surface area contributed by atoms with Crippen LogP contribution in [0.25, 0.3) is 10.9 Å². The van der Waals surface area contributed by atoms with Gasteiger partial charge < -0.3 is 4.98 Å². The molecular formula is C15H26N2. The Kier molecular flexibility index (Phi) is 6.55. The first-order valence-electron chi connectivity index (χ1n) is 6.50. The van der Waals surface area contributed by atoms with E-state index in [4.69, 9.17) is 0 Å². The van der Waals surface area contributed by atoms with Crippen LogP contribution in [0.2, 0.25) is 0 Å². The minimum Gasteiger partial charge on any atom is -0.361 e. The van der Waals surface area contributed by atoms with E-state index in [0.29, 0.717) is 0 Å². The van der Waals surface area contributed by atoms with Gasteiger partial charge in [0.05, 0.1) is 0 Å². The maximum absolute atomic E-state index is 4.14. The molecule has 1 N–H and O–H groups in total. The van der Waals surface area contributed by atoms with Gasteiger partial charge in [-0.1, -0.05) is 48.5 Å². The van der Waals surface area contributed by atoms with Gasteiger partial charge in [0.15, 0.2) is 0 Å². The fourth-order valence-corrected chi connectivity index (χ4v) is 1.58. The molecule has 0 aliphatic rings. The number of pyridine rings is 1. The van der Waals surface area contributed by atoms with Gasteiger partial charge in [-0.2, -0.15) is 0 Å². The molecule has 0 aliphatic carbocycles. The number of rotatable bonds is 0. The van der Waals surface area contributed by atoms with Gasteiger partial charge in [0.2, 0.25) is 0 Å². The molecule has 0 fully saturated rings. The lowest BCUT2D eigenvalue weighted by atomic mass is 9.87. The molecule has 0 saturated heterocycles. The van der Waals surface area contributed by atoms with Gasteiger partial charge in [0.1, 0.15) is 0 Å². The van der Waals surface area contributed by atoms with Crippen LogP contribution in [-0.2, 0) is 5.41 Å². The zero-order chi connectivity index (χ0) is 13.5. The predicted octanol–water partition coefficient (Wildman–Crippen LogP) is 4.91. The van der Waals surface area contributed by atoms with Crippen molar-refractivity contribution < 1.29 is 0 Å². The third-order valence-corrected chi connectivity index (χ3v) is 2.29. The van der Waals surface area contributed by atoms with Crippen LogP contribution in [0, 0.1) is 0 Å². The normalized spacial score (nSPS) is 10.1. The molecule has 2 heterocycles. The number of nitrogens with zero attached hydrogens (tertiary/aromatic N) is 1. The summed E-state index contributed by atoms with van der Waals surface area (Å²) in [4.78, 5) is 7.39. The second-order valence-electron chi connectivity index (χ2n) is 4.37. The van der Waals surface area contributed by atoms with Gasteiger partial charge in [0.25, 0.3) is 0 Å². The highest BCUT2D eigenvalue weighted by molar-refractivity contribution is 5.83. The molecule has 2 nitrogen and oxygen atoms in total. The van der Waals surface area contributed by atoms with Crippen molar-refractivity contribution >= 4 is 10.9 Å². The van der Waals surface area contributed by atoms with Crippen LogP contribution in [-0.4, -0.2) is 9.97 Å². The van der Waals surface area contributed by atoms with Crippen LogP contribution >= 0.6 is 0 Å². The van der Waals surface area contributed by atoms with E-state index < -0.39 is 0 Å². The van der Waals surface area contributed by atoms with Crippen molar-refractivity contribution in [1.29, 1.82) is 0 Å². The van der Waals surface area contributed by atoms with Crippen molar-refractivity contribution in [2.24, 2.45) is 0 Å². The Hall–Kier alpha value is -1.31. The van der Waals surface area contributed by atoms with Crippen molar-refractivity contribution in [3.63, 3.8) is 0 Å². The number of nitrogens with one attached hydrogen (secondary N) is 1. The predicted molar refractivity (Wildman–Crippen MR) is 77.5 cm³/mol. The minimum atomic E-state index is 0.182. The number of aromatic nitrogens is 2. The standard InChI is InChI=1S/C11H14N2.2C2H6/c1-11(2,3)9-7-13-10-4-5-12-6-8(9)10;2*1-2/h4-7,13H,1-3H3;2*1-2H3. The molecule has 0 atom stereocenters. The topological polar surface area (TPSA) is 28.7 Å². The highest BCUT2D eigenvalue weighted by Gasteiger charge is 2.17. The molecular weight excluding hydrogens is 208 g/mol. The van der Waals surface area contributed by atoms with Crippen LogP contribution < -0.4 is 0 Å². The Balaban J connectivity index is 0.000000581. The molecule has 2 rings (SSSR count). The third-order valence-electron chi connectivity index (χ3n) is 2.29. The summed E-state index contributed by atoms with van der Waals surface area (Å²) in [5, 5.41) is 1.23. The van der Waals surface area contributed by atoms with Gasteiger partial charge >= 0.3 is 0 Å². The molecule has 0 bridgehead atoms. The Labute approximate surface area is 105 Å². The van der Waals surface area contributed by atoms with Crippen LogP contribution in [0.4, 0.5) is 0 Å². The largest absolute Gasteiger partial charge is 0.361 e. The monoisotopic (exact) mass is 234 g/mol. The smallest absolute Gasteiger partial charge is 0.0488 e. The van der Waals surface area contributed by atoms with Crippen molar-refractivity contribution in [3.8, 4) is 0 Å². The highest BCUT2D eigenvalue weighted by atomic mass is 14.7. The van der Waals surface area contributed by atoms with E-state index in [1.165, 1.54) is 16.5 Å². The molecule has 17 heavy (non-hydrogen) atoms. The number of aromatic amines is 1. The summed E-state index contributed by atoms with van der Waals surface area (Å²) in [5.41, 5.74) is 2.68. The summed E-state index contributed by atoms with van der Waals surface area (Å²) >= 11 is 0. The lowest BCUT2D eigenvalue weighted by Gasteiger charge is -2.16. The molecule has 2 aromatic heterocycles. The molecule has 96 valence electrons. The van der Waals surface area contributed by atoms with Gasteiger partial charge in [0, 0.05) is 29.5 Å². The number of H-pyrrole nitrogens is 1. The van der Waals surface area contributed by atoms with Crippen molar-refractivity contribution in [2.75, 3.05) is 0 Å². The Morgan fingerprint density at radius 1 is 1.06 bits per heavy atom. The van der Waals surface area contributed by atoms with Crippen molar-refractivity contribution in [1.82, 2.24) is 9.97 Å². The van der Waals surface area contributed by atoms with Crippen LogP contribution in [0.5, 0.6) is 0 Å². The lowest BCUT2D eigenvalue weighted by molar-refractivity contribution is 0.595. The van der Waals surface area contributed by atoms with Crippen LogP contribution in [0.1, 0.15) is 54.0 Å². The molecule has 2 aromatic rings. The summed E-state index contributed by atoms with van der Waals surface area (Å²) in [5.74, 6) is 0. The molecule has 2 heteroatoms. The van der Waals surface area contributed by atoms with Gasteiger partial charge in [-0.3, -0.25) is 4.98 Å². The van der Waals surface area contributed by atoms with E-state index in [2.05, 4.69) is 36.9 Å². The second-order valence-corrected chi connectivity index (χ2v) is 4.37. The maximum atomic E-state index is 4.14.